The van der Waals surface area contributed by atoms with Crippen LogP contribution in [0.2, 0.25) is 0 Å². The Bertz CT molecular complexity index is 1070. The summed E-state index contributed by atoms with van der Waals surface area (Å²) in [5.74, 6) is 1.08. The largest absolute Gasteiger partial charge is 0.387 e. The van der Waals surface area contributed by atoms with Crippen molar-refractivity contribution in [2.45, 2.75) is 25.0 Å². The van der Waals surface area contributed by atoms with Crippen LogP contribution in [0.25, 0.3) is 0 Å². The minimum atomic E-state index is -0.634. The van der Waals surface area contributed by atoms with Gasteiger partial charge in [-0.2, -0.15) is 4.98 Å². The smallest absolute Gasteiger partial charge is 0.253 e. The van der Waals surface area contributed by atoms with Crippen molar-refractivity contribution in [3.05, 3.63) is 78.0 Å². The summed E-state index contributed by atoms with van der Waals surface area (Å²) in [5.41, 5.74) is 2.30. The summed E-state index contributed by atoms with van der Waals surface area (Å²) in [6.07, 6.45) is 3.02. The maximum Gasteiger partial charge on any atom is 0.253 e. The van der Waals surface area contributed by atoms with Crippen LogP contribution in [0.1, 0.15) is 34.9 Å². The second kappa shape index (κ2) is 11.1. The number of likely N-dealkylation sites (tertiary alicyclic amines) is 1. The molecular formula is C26H32N6O2. The lowest BCUT2D eigenvalue weighted by Crippen LogP contribution is -2.44. The van der Waals surface area contributed by atoms with Gasteiger partial charge in [-0.3, -0.25) is 4.79 Å². The number of aliphatic hydroxyl groups is 1. The van der Waals surface area contributed by atoms with Crippen molar-refractivity contribution in [3.63, 3.8) is 0 Å². The Balaban J connectivity index is 1.33. The quantitative estimate of drug-likeness (QED) is 0.473. The first-order valence-corrected chi connectivity index (χ1v) is 11.6. The van der Waals surface area contributed by atoms with E-state index in [1.54, 1.807) is 12.3 Å². The van der Waals surface area contributed by atoms with E-state index in [1.165, 1.54) is 0 Å². The fourth-order valence-corrected chi connectivity index (χ4v) is 4.09. The molecule has 2 aromatic carbocycles. The molecule has 3 N–H and O–H groups in total. The normalized spacial score (nSPS) is 15.5. The molecule has 4 rings (SSSR count). The zero-order chi connectivity index (χ0) is 23.9. The van der Waals surface area contributed by atoms with E-state index in [0.717, 1.165) is 37.2 Å². The fraction of sp³-hybridized carbons (Fsp3) is 0.346. The molecule has 8 nitrogen and oxygen atoms in total. The number of amides is 1. The molecule has 1 saturated heterocycles. The Morgan fingerprint density at radius 1 is 1.12 bits per heavy atom. The molecule has 0 radical (unpaired) electrons. The van der Waals surface area contributed by atoms with E-state index < -0.39 is 6.10 Å². The van der Waals surface area contributed by atoms with Gasteiger partial charge in [-0.05, 0) is 68.9 Å². The third kappa shape index (κ3) is 6.09. The number of benzene rings is 2. The van der Waals surface area contributed by atoms with Crippen LogP contribution in [-0.2, 0) is 0 Å². The predicted molar refractivity (Wildman–Crippen MR) is 134 cm³/mol. The van der Waals surface area contributed by atoms with Crippen molar-refractivity contribution in [2.75, 3.05) is 44.4 Å². The number of nitrogens with one attached hydrogen (secondary N) is 2. The minimum absolute atomic E-state index is 0.0422. The molecule has 1 atom stereocenters. The minimum Gasteiger partial charge on any atom is -0.387 e. The topological polar surface area (TPSA) is 93.6 Å². The summed E-state index contributed by atoms with van der Waals surface area (Å²) >= 11 is 0. The number of carbonyl (C=O) groups is 1. The summed E-state index contributed by atoms with van der Waals surface area (Å²) in [5, 5.41) is 16.7. The van der Waals surface area contributed by atoms with E-state index in [2.05, 4.69) is 32.5 Å². The Morgan fingerprint density at radius 2 is 1.82 bits per heavy atom. The van der Waals surface area contributed by atoms with Crippen LogP contribution in [0.5, 0.6) is 0 Å². The van der Waals surface area contributed by atoms with Crippen LogP contribution in [0.15, 0.2) is 66.9 Å². The molecule has 1 amide bonds. The van der Waals surface area contributed by atoms with Gasteiger partial charge in [0.2, 0.25) is 5.95 Å². The SMILES string of the molecule is CN1CCC(N(C)C(=O)c2ccc(Nc3nccc(NCC(O)c4ccccc4)n3)cc2)CC1. The highest BCUT2D eigenvalue weighted by Crippen LogP contribution is 2.20. The molecule has 1 aliphatic heterocycles. The van der Waals surface area contributed by atoms with Crippen molar-refractivity contribution < 1.29 is 9.90 Å². The van der Waals surface area contributed by atoms with Crippen LogP contribution in [-0.4, -0.2) is 70.6 Å². The monoisotopic (exact) mass is 460 g/mol. The molecule has 0 bridgehead atoms. The van der Waals surface area contributed by atoms with E-state index >= 15 is 0 Å². The number of anilines is 3. The van der Waals surface area contributed by atoms with Gasteiger partial charge in [-0.25, -0.2) is 4.98 Å². The maximum absolute atomic E-state index is 12.9. The van der Waals surface area contributed by atoms with Gasteiger partial charge in [0.05, 0.1) is 6.10 Å². The van der Waals surface area contributed by atoms with E-state index in [9.17, 15) is 9.90 Å². The van der Waals surface area contributed by atoms with Gasteiger partial charge in [0.1, 0.15) is 5.82 Å². The third-order valence-corrected chi connectivity index (χ3v) is 6.26. The number of rotatable bonds is 8. The van der Waals surface area contributed by atoms with Gasteiger partial charge in [-0.15, -0.1) is 0 Å². The van der Waals surface area contributed by atoms with Crippen LogP contribution in [0.3, 0.4) is 0 Å². The molecule has 1 fully saturated rings. The predicted octanol–water partition coefficient (Wildman–Crippen LogP) is 3.53. The van der Waals surface area contributed by atoms with Crippen LogP contribution < -0.4 is 10.6 Å². The van der Waals surface area contributed by atoms with E-state index in [4.69, 9.17) is 0 Å². The lowest BCUT2D eigenvalue weighted by Gasteiger charge is -2.35. The van der Waals surface area contributed by atoms with Gasteiger partial charge in [0.15, 0.2) is 0 Å². The number of piperidine rings is 1. The number of hydrogen-bond donors (Lipinski definition) is 3. The fourth-order valence-electron chi connectivity index (χ4n) is 4.09. The Morgan fingerprint density at radius 3 is 2.53 bits per heavy atom. The molecule has 178 valence electrons. The maximum atomic E-state index is 12.9. The molecule has 1 aliphatic rings. The van der Waals surface area contributed by atoms with Gasteiger partial charge in [0.25, 0.3) is 5.91 Å². The van der Waals surface area contributed by atoms with Crippen molar-refractivity contribution in [3.8, 4) is 0 Å². The van der Waals surface area contributed by atoms with Gasteiger partial charge in [-0.1, -0.05) is 30.3 Å². The summed E-state index contributed by atoms with van der Waals surface area (Å²) in [6.45, 7) is 2.37. The number of nitrogens with zero attached hydrogens (tertiary/aromatic N) is 4. The van der Waals surface area contributed by atoms with Gasteiger partial charge in [0, 0.05) is 37.1 Å². The zero-order valence-electron chi connectivity index (χ0n) is 19.7. The lowest BCUT2D eigenvalue weighted by molar-refractivity contribution is 0.0659. The summed E-state index contributed by atoms with van der Waals surface area (Å²) in [7, 11) is 4.01. The number of aliphatic hydroxyl groups excluding tert-OH is 1. The molecule has 2 heterocycles. The average Bonchev–Trinajstić information content (AvgIpc) is 2.88. The second-order valence-corrected chi connectivity index (χ2v) is 8.73. The van der Waals surface area contributed by atoms with Crippen LogP contribution in [0.4, 0.5) is 17.5 Å². The average molecular weight is 461 g/mol. The summed E-state index contributed by atoms with van der Waals surface area (Å²) < 4.78 is 0. The number of aromatic nitrogens is 2. The molecular weight excluding hydrogens is 428 g/mol. The molecule has 3 aromatic rings. The number of hydrogen-bond acceptors (Lipinski definition) is 7. The van der Waals surface area contributed by atoms with E-state index in [0.29, 0.717) is 23.9 Å². The van der Waals surface area contributed by atoms with Crippen molar-refractivity contribution in [2.24, 2.45) is 0 Å². The van der Waals surface area contributed by atoms with Gasteiger partial charge < -0.3 is 25.5 Å². The Labute approximate surface area is 200 Å². The Hall–Kier alpha value is -3.49. The number of carbonyl (C=O) groups excluding carboxylic acids is 1. The highest BCUT2D eigenvalue weighted by atomic mass is 16.3. The molecule has 8 heteroatoms. The van der Waals surface area contributed by atoms with Crippen molar-refractivity contribution in [1.29, 1.82) is 0 Å². The second-order valence-electron chi connectivity index (χ2n) is 8.73. The first kappa shape index (κ1) is 23.7. The first-order chi connectivity index (χ1) is 16.5. The lowest BCUT2D eigenvalue weighted by atomic mass is 10.0. The van der Waals surface area contributed by atoms with E-state index in [1.807, 2.05) is 66.5 Å². The molecule has 34 heavy (non-hydrogen) atoms. The molecule has 0 saturated carbocycles. The highest BCUT2D eigenvalue weighted by molar-refractivity contribution is 5.94. The summed E-state index contributed by atoms with van der Waals surface area (Å²) in [4.78, 5) is 25.8. The zero-order valence-corrected chi connectivity index (χ0v) is 19.7. The third-order valence-electron chi connectivity index (χ3n) is 6.26. The van der Waals surface area contributed by atoms with Gasteiger partial charge >= 0.3 is 0 Å². The highest BCUT2D eigenvalue weighted by Gasteiger charge is 2.24. The molecule has 1 unspecified atom stereocenters. The van der Waals surface area contributed by atoms with Crippen molar-refractivity contribution >= 4 is 23.4 Å². The van der Waals surface area contributed by atoms with Crippen LogP contribution in [0, 0.1) is 0 Å². The molecule has 1 aromatic heterocycles. The van der Waals surface area contributed by atoms with Crippen LogP contribution >= 0.6 is 0 Å². The Kier molecular flexibility index (Phi) is 7.72. The van der Waals surface area contributed by atoms with E-state index in [-0.39, 0.29) is 11.9 Å². The standard InChI is InChI=1S/C26H32N6O2/c1-31-16-13-22(14-17-31)32(2)25(34)20-8-10-21(11-9-20)29-26-27-15-12-24(30-26)28-18-23(33)19-6-4-3-5-7-19/h3-12,15,22-23,33H,13-14,16-18H2,1-2H3,(H2,27,28,29,30). The molecule has 0 spiro atoms. The first-order valence-electron chi connectivity index (χ1n) is 11.6. The molecule has 0 aliphatic carbocycles. The summed E-state index contributed by atoms with van der Waals surface area (Å²) in [6, 6.07) is 18.9. The van der Waals surface area contributed by atoms with Crippen molar-refractivity contribution in [1.82, 2.24) is 19.8 Å².